The summed E-state index contributed by atoms with van der Waals surface area (Å²) in [6.45, 7) is 0.223. The van der Waals surface area contributed by atoms with Crippen molar-refractivity contribution in [2.75, 3.05) is 5.32 Å². The lowest BCUT2D eigenvalue weighted by atomic mass is 10.1. The summed E-state index contributed by atoms with van der Waals surface area (Å²) >= 11 is 3.43. The molecule has 0 fully saturated rings. The number of hydrogen-bond donors (Lipinski definition) is 1. The molecule has 7 heteroatoms. The summed E-state index contributed by atoms with van der Waals surface area (Å²) in [7, 11) is 0. The van der Waals surface area contributed by atoms with Crippen LogP contribution in [-0.4, -0.2) is 5.91 Å². The summed E-state index contributed by atoms with van der Waals surface area (Å²) in [6.07, 6.45) is 1.44. The van der Waals surface area contributed by atoms with Crippen molar-refractivity contribution in [2.24, 2.45) is 0 Å². The van der Waals surface area contributed by atoms with E-state index in [1.165, 1.54) is 30.3 Å². The van der Waals surface area contributed by atoms with Gasteiger partial charge in [-0.3, -0.25) is 4.79 Å². The SMILES string of the molecule is N#CC(=Cc1ccc(OCc2ccccc2C#N)c(Br)c1)C(=O)Nc1ccc(F)cc1. The van der Waals surface area contributed by atoms with Gasteiger partial charge in [0.15, 0.2) is 0 Å². The highest BCUT2D eigenvalue weighted by atomic mass is 79.9. The van der Waals surface area contributed by atoms with Gasteiger partial charge in [-0.2, -0.15) is 10.5 Å². The summed E-state index contributed by atoms with van der Waals surface area (Å²) < 4.78 is 19.4. The van der Waals surface area contributed by atoms with Crippen LogP contribution in [0, 0.1) is 28.5 Å². The van der Waals surface area contributed by atoms with E-state index in [2.05, 4.69) is 27.3 Å². The average Bonchev–Trinajstić information content (AvgIpc) is 2.78. The molecule has 0 unspecified atom stereocenters. The van der Waals surface area contributed by atoms with E-state index in [0.717, 1.165) is 5.56 Å². The molecular weight excluding hydrogens is 461 g/mol. The first kappa shape index (κ1) is 21.8. The first-order chi connectivity index (χ1) is 15.0. The number of halogens is 2. The van der Waals surface area contributed by atoms with Crippen LogP contribution in [0.5, 0.6) is 5.75 Å². The van der Waals surface area contributed by atoms with Crippen molar-refractivity contribution in [3.63, 3.8) is 0 Å². The van der Waals surface area contributed by atoms with Crippen molar-refractivity contribution >= 4 is 33.6 Å². The zero-order valence-electron chi connectivity index (χ0n) is 16.1. The molecule has 3 rings (SSSR count). The second-order valence-electron chi connectivity index (χ2n) is 6.38. The standard InChI is InChI=1S/C24H15BrFN3O2/c25-22-12-16(5-10-23(22)31-15-18-4-2-1-3-17(18)13-27)11-19(14-28)24(30)29-21-8-6-20(26)7-9-21/h1-12H,15H2,(H,29,30). The Kier molecular flexibility index (Phi) is 7.16. The fourth-order valence-electron chi connectivity index (χ4n) is 2.68. The van der Waals surface area contributed by atoms with Gasteiger partial charge in [0.2, 0.25) is 0 Å². The van der Waals surface area contributed by atoms with Crippen molar-refractivity contribution in [3.05, 3.63) is 99.3 Å². The smallest absolute Gasteiger partial charge is 0.266 e. The van der Waals surface area contributed by atoms with Crippen LogP contribution in [0.3, 0.4) is 0 Å². The van der Waals surface area contributed by atoms with E-state index < -0.39 is 11.7 Å². The van der Waals surface area contributed by atoms with Gasteiger partial charge in [0, 0.05) is 11.3 Å². The Morgan fingerprint density at radius 3 is 2.52 bits per heavy atom. The first-order valence-corrected chi connectivity index (χ1v) is 9.88. The minimum absolute atomic E-state index is 0.104. The van der Waals surface area contributed by atoms with Gasteiger partial charge in [-0.05, 0) is 70.0 Å². The van der Waals surface area contributed by atoms with Gasteiger partial charge in [-0.1, -0.05) is 24.3 Å². The molecular formula is C24H15BrFN3O2. The molecule has 0 aromatic heterocycles. The molecule has 3 aromatic rings. The zero-order valence-corrected chi connectivity index (χ0v) is 17.7. The summed E-state index contributed by atoms with van der Waals surface area (Å²) in [5.74, 6) is -0.463. The molecule has 31 heavy (non-hydrogen) atoms. The molecule has 0 spiro atoms. The average molecular weight is 476 g/mol. The van der Waals surface area contributed by atoms with Crippen molar-refractivity contribution < 1.29 is 13.9 Å². The van der Waals surface area contributed by atoms with E-state index >= 15 is 0 Å². The summed E-state index contributed by atoms with van der Waals surface area (Å²) in [4.78, 5) is 12.3. The van der Waals surface area contributed by atoms with Crippen LogP contribution in [0.4, 0.5) is 10.1 Å². The second-order valence-corrected chi connectivity index (χ2v) is 7.23. The van der Waals surface area contributed by atoms with Crippen LogP contribution in [0.1, 0.15) is 16.7 Å². The van der Waals surface area contributed by atoms with Crippen LogP contribution in [0.15, 0.2) is 76.8 Å². The van der Waals surface area contributed by atoms with E-state index in [9.17, 15) is 14.4 Å². The van der Waals surface area contributed by atoms with Crippen molar-refractivity contribution in [1.29, 1.82) is 10.5 Å². The monoisotopic (exact) mass is 475 g/mol. The topological polar surface area (TPSA) is 85.9 Å². The molecule has 0 aliphatic carbocycles. The highest BCUT2D eigenvalue weighted by molar-refractivity contribution is 9.10. The van der Waals surface area contributed by atoms with E-state index in [-0.39, 0.29) is 12.2 Å². The predicted octanol–water partition coefficient (Wildman–Crippen LogP) is 5.58. The van der Waals surface area contributed by atoms with Crippen LogP contribution < -0.4 is 10.1 Å². The lowest BCUT2D eigenvalue weighted by molar-refractivity contribution is -0.112. The van der Waals surface area contributed by atoms with E-state index in [1.807, 2.05) is 18.2 Å². The van der Waals surface area contributed by atoms with E-state index in [4.69, 9.17) is 10.00 Å². The molecule has 0 bridgehead atoms. The van der Waals surface area contributed by atoms with Crippen LogP contribution in [-0.2, 0) is 11.4 Å². The molecule has 0 aliphatic rings. The molecule has 5 nitrogen and oxygen atoms in total. The molecule has 1 amide bonds. The molecule has 3 aromatic carbocycles. The van der Waals surface area contributed by atoms with Crippen LogP contribution in [0.2, 0.25) is 0 Å². The second kappa shape index (κ2) is 10.2. The minimum atomic E-state index is -0.598. The Morgan fingerprint density at radius 1 is 1.10 bits per heavy atom. The van der Waals surface area contributed by atoms with Gasteiger partial charge < -0.3 is 10.1 Å². The van der Waals surface area contributed by atoms with Gasteiger partial charge in [-0.25, -0.2) is 4.39 Å². The number of nitrogens with one attached hydrogen (secondary N) is 1. The van der Waals surface area contributed by atoms with Gasteiger partial charge in [0.1, 0.15) is 29.8 Å². The highest BCUT2D eigenvalue weighted by Crippen LogP contribution is 2.28. The van der Waals surface area contributed by atoms with Gasteiger partial charge in [0.25, 0.3) is 5.91 Å². The quantitative estimate of drug-likeness (QED) is 0.372. The number of benzene rings is 3. The number of carbonyl (C=O) groups is 1. The minimum Gasteiger partial charge on any atom is -0.488 e. The Morgan fingerprint density at radius 2 is 1.84 bits per heavy atom. The third-order valence-electron chi connectivity index (χ3n) is 4.26. The Hall–Kier alpha value is -3.94. The fourth-order valence-corrected chi connectivity index (χ4v) is 3.19. The molecule has 0 radical (unpaired) electrons. The Bertz CT molecular complexity index is 1220. The summed E-state index contributed by atoms with van der Waals surface area (Å²) in [5.41, 5.74) is 2.21. The third kappa shape index (κ3) is 5.79. The van der Waals surface area contributed by atoms with Crippen LogP contribution >= 0.6 is 15.9 Å². The fraction of sp³-hybridized carbons (Fsp3) is 0.0417. The zero-order chi connectivity index (χ0) is 22.2. The molecule has 152 valence electrons. The Labute approximate surface area is 187 Å². The largest absolute Gasteiger partial charge is 0.488 e. The van der Waals surface area contributed by atoms with E-state index in [0.29, 0.717) is 27.0 Å². The molecule has 0 aliphatic heterocycles. The Balaban J connectivity index is 1.72. The number of anilines is 1. The first-order valence-electron chi connectivity index (χ1n) is 9.09. The maximum atomic E-state index is 13.0. The van der Waals surface area contributed by atoms with Gasteiger partial charge in [0.05, 0.1) is 16.1 Å². The normalized spacial score (nSPS) is 10.6. The molecule has 0 saturated heterocycles. The van der Waals surface area contributed by atoms with Crippen LogP contribution in [0.25, 0.3) is 6.08 Å². The van der Waals surface area contributed by atoms with Crippen molar-refractivity contribution in [2.45, 2.75) is 6.61 Å². The number of amides is 1. The molecule has 1 N–H and O–H groups in total. The van der Waals surface area contributed by atoms with Gasteiger partial charge in [-0.15, -0.1) is 0 Å². The summed E-state index contributed by atoms with van der Waals surface area (Å²) in [6, 6.07) is 21.6. The lowest BCUT2D eigenvalue weighted by Crippen LogP contribution is -2.13. The lowest BCUT2D eigenvalue weighted by Gasteiger charge is -2.10. The number of ether oxygens (including phenoxy) is 1. The maximum Gasteiger partial charge on any atom is 0.266 e. The summed E-state index contributed by atoms with van der Waals surface area (Å²) in [5, 5.41) is 21.1. The number of nitriles is 2. The number of rotatable bonds is 6. The number of carbonyl (C=O) groups excluding carboxylic acids is 1. The molecule has 0 saturated carbocycles. The maximum absolute atomic E-state index is 13.0. The molecule has 0 atom stereocenters. The highest BCUT2D eigenvalue weighted by Gasteiger charge is 2.11. The number of hydrogen-bond acceptors (Lipinski definition) is 4. The molecule has 0 heterocycles. The van der Waals surface area contributed by atoms with Gasteiger partial charge >= 0.3 is 0 Å². The van der Waals surface area contributed by atoms with E-state index in [1.54, 1.807) is 30.3 Å². The van der Waals surface area contributed by atoms with Crippen molar-refractivity contribution in [3.8, 4) is 17.9 Å². The van der Waals surface area contributed by atoms with Crippen molar-refractivity contribution in [1.82, 2.24) is 0 Å². The third-order valence-corrected chi connectivity index (χ3v) is 4.87. The number of nitrogens with zero attached hydrogens (tertiary/aromatic N) is 2. The predicted molar refractivity (Wildman–Crippen MR) is 118 cm³/mol.